The number of carbonyl (C=O) groups excluding carboxylic acids is 3. The van der Waals surface area contributed by atoms with E-state index < -0.39 is 5.97 Å². The van der Waals surface area contributed by atoms with Gasteiger partial charge in [0.05, 0.1) is 46.0 Å². The Morgan fingerprint density at radius 3 is 1.49 bits per heavy atom. The van der Waals surface area contributed by atoms with E-state index in [0.717, 1.165) is 44.4 Å². The fourth-order valence-corrected chi connectivity index (χ4v) is 9.17. The van der Waals surface area contributed by atoms with Crippen molar-refractivity contribution in [2.45, 2.75) is 40.5 Å². The first kappa shape index (κ1) is 59.4. The maximum absolute atomic E-state index is 13.2. The molecule has 0 bridgehead atoms. The molecule has 1 aliphatic rings. The van der Waals surface area contributed by atoms with Gasteiger partial charge < -0.3 is 18.3 Å². The molecule has 18 heteroatoms. The number of hydrogen-bond donors (Lipinski definition) is 0. The zero-order valence-corrected chi connectivity index (χ0v) is 48.6. The maximum Gasteiger partial charge on any atom is 0.338 e. The van der Waals surface area contributed by atoms with Gasteiger partial charge in [0.1, 0.15) is 6.54 Å². The molecule has 0 saturated carbocycles. The zero-order valence-electron chi connectivity index (χ0n) is 45.4. The number of azide groups is 1. The van der Waals surface area contributed by atoms with Crippen molar-refractivity contribution in [3.8, 4) is 33.4 Å². The zero-order chi connectivity index (χ0) is 58.3. The lowest BCUT2D eigenvalue weighted by molar-refractivity contribution is 0.0438. The summed E-state index contributed by atoms with van der Waals surface area (Å²) in [4.78, 5) is 45.9. The highest BCUT2D eigenvalue weighted by molar-refractivity contribution is 7.55. The average Bonchev–Trinajstić information content (AvgIpc) is 4.06. The predicted octanol–water partition coefficient (Wildman–Crippen LogP) is 17.2. The molecular weight excluding hydrogens is 1120 g/mol. The van der Waals surface area contributed by atoms with Gasteiger partial charge in [0.2, 0.25) is 0 Å². The first-order valence-corrected chi connectivity index (χ1v) is 29.3. The first-order valence-electron chi connectivity index (χ1n) is 25.5. The number of aromatic nitrogens is 3. The third-order valence-corrected chi connectivity index (χ3v) is 13.2. The summed E-state index contributed by atoms with van der Waals surface area (Å²) in [6, 6.07) is 52.5. The largest absolute Gasteiger partial charge is 0.454 e. The highest BCUT2D eigenvalue weighted by Crippen LogP contribution is 2.37. The van der Waals surface area contributed by atoms with Crippen molar-refractivity contribution >= 4 is 66.0 Å². The van der Waals surface area contributed by atoms with E-state index in [9.17, 15) is 14.4 Å². The van der Waals surface area contributed by atoms with Gasteiger partial charge in [-0.05, 0) is 136 Å². The summed E-state index contributed by atoms with van der Waals surface area (Å²) in [5.74, 6) is 0.854. The maximum atomic E-state index is 13.2. The van der Waals surface area contributed by atoms with E-state index in [-0.39, 0.29) is 24.7 Å². The smallest absolute Gasteiger partial charge is 0.338 e. The minimum atomic E-state index is -0.467. The van der Waals surface area contributed by atoms with E-state index in [1.54, 1.807) is 111 Å². The van der Waals surface area contributed by atoms with Gasteiger partial charge in [-0.3, -0.25) is 14.6 Å². The molecule has 1 aliphatic heterocycles. The van der Waals surface area contributed by atoms with Gasteiger partial charge in [-0.25, -0.2) is 4.79 Å². The minimum absolute atomic E-state index is 0.0240. The number of aryl methyl sites for hydroxylation is 3. The Kier molecular flexibility index (Phi) is 20.4. The molecule has 0 atom stereocenters. The molecule has 0 amide bonds. The van der Waals surface area contributed by atoms with Crippen molar-refractivity contribution in [3.63, 3.8) is 0 Å². The highest BCUT2D eigenvalue weighted by atomic mass is 35.5. The van der Waals surface area contributed by atoms with Gasteiger partial charge in [0.25, 0.3) is 0 Å². The molecule has 11 rings (SSSR count). The Morgan fingerprint density at radius 1 is 0.537 bits per heavy atom. The van der Waals surface area contributed by atoms with E-state index in [1.165, 1.54) is 0 Å². The predicted molar refractivity (Wildman–Crippen MR) is 324 cm³/mol. The number of ketones is 2. The van der Waals surface area contributed by atoms with Crippen LogP contribution in [-0.2, 0) is 24.4 Å². The van der Waals surface area contributed by atoms with Gasteiger partial charge in [0.15, 0.2) is 35.5 Å². The number of esters is 1. The van der Waals surface area contributed by atoms with Crippen LogP contribution < -0.4 is 0 Å². The monoisotopic (exact) mass is 1170 g/mol. The highest BCUT2D eigenvalue weighted by Gasteiger charge is 2.26. The molecule has 10 aromatic rings. The molecular formula is C64H53Cl3N7O7P. The SMILES string of the molecule is CP(C)C.Cc1noc(CN=[N+]=[N-])c1-c1ccccc1C(=O)c1ccc(Cl)cc1.Cc1noc(COC(=O)c2ccccc2)c1-c1ccccc1C(=O)c1ccc(Cl)cc1.Cc1noc2c1-c1ccccc1C(c1ccc(Cl)cc1)=NC2. The van der Waals surface area contributed by atoms with Crippen LogP contribution >= 0.6 is 42.7 Å². The lowest BCUT2D eigenvalue weighted by atomic mass is 9.93. The summed E-state index contributed by atoms with van der Waals surface area (Å²) in [7, 11) is 0.380. The fourth-order valence-electron chi connectivity index (χ4n) is 8.79. The van der Waals surface area contributed by atoms with Crippen LogP contribution in [0.2, 0.25) is 15.1 Å². The Balaban J connectivity index is 0.000000158. The summed E-state index contributed by atoms with van der Waals surface area (Å²) >= 11 is 17.8. The third kappa shape index (κ3) is 14.6. The van der Waals surface area contributed by atoms with Crippen molar-refractivity contribution in [2.24, 2.45) is 10.1 Å². The molecule has 0 unspecified atom stereocenters. The van der Waals surface area contributed by atoms with E-state index in [2.05, 4.69) is 57.6 Å². The van der Waals surface area contributed by atoms with Crippen LogP contribution in [0.1, 0.15) is 87.7 Å². The molecule has 0 N–H and O–H groups in total. The van der Waals surface area contributed by atoms with E-state index in [1.807, 2.05) is 73.7 Å². The van der Waals surface area contributed by atoms with Crippen molar-refractivity contribution in [1.82, 2.24) is 15.5 Å². The summed E-state index contributed by atoms with van der Waals surface area (Å²) < 4.78 is 21.6. The molecule has 0 saturated heterocycles. The van der Waals surface area contributed by atoms with Gasteiger partial charge in [0, 0.05) is 58.9 Å². The quantitative estimate of drug-likeness (QED) is 0.0283. The van der Waals surface area contributed by atoms with E-state index >= 15 is 0 Å². The van der Waals surface area contributed by atoms with Crippen molar-refractivity contribution in [3.05, 3.63) is 275 Å². The Morgan fingerprint density at radius 2 is 0.963 bits per heavy atom. The van der Waals surface area contributed by atoms with Crippen molar-refractivity contribution in [2.75, 3.05) is 20.0 Å². The lowest BCUT2D eigenvalue weighted by Gasteiger charge is -2.10. The number of halogens is 3. The Bertz CT molecular complexity index is 3940. The number of benzene rings is 7. The number of hydrogen-bond acceptors (Lipinski definition) is 12. The van der Waals surface area contributed by atoms with Crippen LogP contribution in [0, 0.1) is 20.8 Å². The molecule has 412 valence electrons. The topological polar surface area (TPSA) is 200 Å². The number of ether oxygens (including phenoxy) is 1. The van der Waals surface area contributed by atoms with Crippen molar-refractivity contribution < 1.29 is 32.7 Å². The molecule has 14 nitrogen and oxygen atoms in total. The molecule has 0 fully saturated rings. The first-order chi connectivity index (χ1) is 39.6. The van der Waals surface area contributed by atoms with Crippen LogP contribution in [0.15, 0.2) is 200 Å². The van der Waals surface area contributed by atoms with Gasteiger partial charge in [-0.15, -0.1) is 7.92 Å². The molecule has 4 heterocycles. The van der Waals surface area contributed by atoms with Crippen LogP contribution in [-0.4, -0.2) is 58.7 Å². The van der Waals surface area contributed by atoms with Crippen molar-refractivity contribution in [1.29, 1.82) is 0 Å². The number of rotatable bonds is 12. The van der Waals surface area contributed by atoms with Gasteiger partial charge in [-0.2, -0.15) is 0 Å². The summed E-state index contributed by atoms with van der Waals surface area (Å²) in [6.45, 7) is 12.6. The minimum Gasteiger partial charge on any atom is -0.454 e. The van der Waals surface area contributed by atoms with Gasteiger partial charge in [-0.1, -0.05) is 159 Å². The molecule has 0 radical (unpaired) electrons. The number of carbonyl (C=O) groups is 3. The summed E-state index contributed by atoms with van der Waals surface area (Å²) in [5.41, 5.74) is 21.1. The second-order valence-corrected chi connectivity index (χ2v) is 22.8. The number of aliphatic imine (C=N–C) groups is 1. The second kappa shape index (κ2) is 28.1. The van der Waals surface area contributed by atoms with Crippen LogP contribution in [0.4, 0.5) is 0 Å². The van der Waals surface area contributed by atoms with Crippen LogP contribution in [0.25, 0.3) is 43.8 Å². The number of nitrogens with zero attached hydrogens (tertiary/aromatic N) is 7. The standard InChI is InChI=1S/C25H18ClNO4.C18H13ClN4O2.C18H13ClN2O.C3H9P/c1-16-23(22(31-27-16)15-30-25(29)18-7-3-2-4-8-18)20-9-5-6-10-21(20)24(28)17-11-13-19(26)14-12-17;1-11-17(16(25-22-11)10-21-23-20)14-4-2-3-5-15(14)18(24)12-6-8-13(19)9-7-12;1-11-17-14-4-2-3-5-15(14)18(20-10-16(17)22-21-11)12-6-8-13(19)9-7-12;1-4(2)3/h2-14H,15H2,1H3;2-9H,10H2,1H3;2-9H,10H2,1H3;1-3H3. The fraction of sp³-hybridized carbons (Fsp3) is 0.141. The van der Waals surface area contributed by atoms with Gasteiger partial charge >= 0.3 is 5.97 Å². The Labute approximate surface area is 490 Å². The molecule has 0 spiro atoms. The molecule has 0 aliphatic carbocycles. The summed E-state index contributed by atoms with van der Waals surface area (Å²) in [5, 5.41) is 17.4. The molecule has 7 aromatic carbocycles. The average molecular weight is 1170 g/mol. The number of fused-ring (bicyclic) bond motifs is 3. The third-order valence-electron chi connectivity index (χ3n) is 12.5. The van der Waals surface area contributed by atoms with E-state index in [0.29, 0.717) is 97.5 Å². The normalized spacial score (nSPS) is 11.1. The second-order valence-electron chi connectivity index (χ2n) is 18.9. The van der Waals surface area contributed by atoms with Crippen LogP contribution in [0.5, 0.6) is 0 Å². The lowest BCUT2D eigenvalue weighted by Crippen LogP contribution is -2.06. The Hall–Kier alpha value is -8.74. The molecule has 3 aromatic heterocycles. The summed E-state index contributed by atoms with van der Waals surface area (Å²) in [6.07, 6.45) is 0. The molecule has 82 heavy (non-hydrogen) atoms. The van der Waals surface area contributed by atoms with E-state index in [4.69, 9.17) is 63.6 Å². The van der Waals surface area contributed by atoms with Crippen LogP contribution in [0.3, 0.4) is 0 Å².